The number of nitrogens with zero attached hydrogens (tertiary/aromatic N) is 1. The maximum absolute atomic E-state index is 12.3. The van der Waals surface area contributed by atoms with Crippen molar-refractivity contribution in [3.63, 3.8) is 0 Å². The lowest BCUT2D eigenvalue weighted by Crippen LogP contribution is -2.40. The van der Waals surface area contributed by atoms with Crippen molar-refractivity contribution in [3.8, 4) is 0 Å². The molecule has 25 heavy (non-hydrogen) atoms. The van der Waals surface area contributed by atoms with E-state index in [9.17, 15) is 4.79 Å². The van der Waals surface area contributed by atoms with Crippen LogP contribution in [0, 0.1) is 12.8 Å². The smallest absolute Gasteiger partial charge is 0.223 e. The molecule has 4 heteroatoms. The highest BCUT2D eigenvalue weighted by Gasteiger charge is 2.24. The Kier molecular flexibility index (Phi) is 6.29. The predicted octanol–water partition coefficient (Wildman–Crippen LogP) is 3.55. The Morgan fingerprint density at radius 1 is 1.20 bits per heavy atom. The van der Waals surface area contributed by atoms with Crippen LogP contribution in [0.2, 0.25) is 0 Å². The average molecular weight is 340 g/mol. The first-order valence-electron chi connectivity index (χ1n) is 9.29. The molecule has 1 saturated heterocycles. The third kappa shape index (κ3) is 5.46. The molecule has 1 aromatic heterocycles. The zero-order valence-electron chi connectivity index (χ0n) is 15.0. The number of hydrogen-bond acceptors (Lipinski definition) is 3. The summed E-state index contributed by atoms with van der Waals surface area (Å²) in [7, 11) is 0. The Hall–Kier alpha value is -2.07. The summed E-state index contributed by atoms with van der Waals surface area (Å²) in [5.74, 6) is 1.37. The number of furan rings is 1. The average Bonchev–Trinajstić information content (AvgIpc) is 3.15. The molecule has 0 atom stereocenters. The second-order valence-electron chi connectivity index (χ2n) is 7.01. The van der Waals surface area contributed by atoms with Gasteiger partial charge in [-0.1, -0.05) is 29.8 Å². The lowest BCUT2D eigenvalue weighted by atomic mass is 9.95. The van der Waals surface area contributed by atoms with Crippen LogP contribution in [0.1, 0.15) is 36.1 Å². The Labute approximate surface area is 150 Å². The molecule has 3 rings (SSSR count). The van der Waals surface area contributed by atoms with Crippen LogP contribution in [-0.4, -0.2) is 30.4 Å². The second-order valence-corrected chi connectivity index (χ2v) is 7.01. The second kappa shape index (κ2) is 8.86. The van der Waals surface area contributed by atoms with Gasteiger partial charge in [0.25, 0.3) is 0 Å². The quantitative estimate of drug-likeness (QED) is 0.784. The van der Waals surface area contributed by atoms with E-state index in [0.717, 1.165) is 57.6 Å². The van der Waals surface area contributed by atoms with Crippen molar-refractivity contribution >= 4 is 5.91 Å². The number of carbonyl (C=O) groups is 1. The minimum absolute atomic E-state index is 0.165. The van der Waals surface area contributed by atoms with Gasteiger partial charge in [0, 0.05) is 25.4 Å². The van der Waals surface area contributed by atoms with Crippen LogP contribution >= 0.6 is 0 Å². The molecule has 1 aliphatic heterocycles. The van der Waals surface area contributed by atoms with Gasteiger partial charge in [-0.15, -0.1) is 0 Å². The molecule has 0 bridgehead atoms. The molecule has 134 valence electrons. The summed E-state index contributed by atoms with van der Waals surface area (Å²) in [6.07, 6.45) is 5.40. The topological polar surface area (TPSA) is 45.5 Å². The molecule has 0 aliphatic carbocycles. The van der Waals surface area contributed by atoms with Gasteiger partial charge in [0.1, 0.15) is 5.76 Å². The van der Waals surface area contributed by atoms with Crippen molar-refractivity contribution in [2.24, 2.45) is 5.92 Å². The first-order chi connectivity index (χ1) is 12.2. The molecule has 1 fully saturated rings. The van der Waals surface area contributed by atoms with Crippen LogP contribution in [0.5, 0.6) is 0 Å². The molecule has 0 spiro atoms. The van der Waals surface area contributed by atoms with E-state index in [-0.39, 0.29) is 11.8 Å². The highest BCUT2D eigenvalue weighted by atomic mass is 16.3. The number of amides is 1. The fraction of sp³-hybridized carbons (Fsp3) is 0.476. The summed E-state index contributed by atoms with van der Waals surface area (Å²) < 4.78 is 5.31. The zero-order chi connectivity index (χ0) is 17.5. The molecular formula is C21H28N2O2. The van der Waals surface area contributed by atoms with Crippen LogP contribution in [-0.2, 0) is 17.8 Å². The standard InChI is InChI=1S/C21H28N2O2/c1-17-6-8-18(9-7-17)16-23-13-10-19(11-14-23)21(24)22-12-2-4-20-5-3-15-25-20/h3,5-9,15,19H,2,4,10-14,16H2,1H3,(H,22,24). The fourth-order valence-electron chi connectivity index (χ4n) is 3.38. The number of piperidine rings is 1. The molecule has 2 heterocycles. The summed E-state index contributed by atoms with van der Waals surface area (Å²) in [4.78, 5) is 14.8. The molecule has 0 saturated carbocycles. The lowest BCUT2D eigenvalue weighted by molar-refractivity contribution is -0.126. The van der Waals surface area contributed by atoms with Crippen molar-refractivity contribution in [3.05, 3.63) is 59.5 Å². The third-order valence-corrected chi connectivity index (χ3v) is 4.96. The van der Waals surface area contributed by atoms with E-state index in [0.29, 0.717) is 0 Å². The van der Waals surface area contributed by atoms with E-state index in [2.05, 4.69) is 41.4 Å². The predicted molar refractivity (Wildman–Crippen MR) is 99.2 cm³/mol. The van der Waals surface area contributed by atoms with E-state index in [1.807, 2.05) is 12.1 Å². The van der Waals surface area contributed by atoms with Gasteiger partial charge in [0.2, 0.25) is 5.91 Å². The Morgan fingerprint density at radius 2 is 1.96 bits per heavy atom. The van der Waals surface area contributed by atoms with Crippen LogP contribution in [0.3, 0.4) is 0 Å². The van der Waals surface area contributed by atoms with Crippen molar-refractivity contribution in [1.29, 1.82) is 0 Å². The molecule has 0 unspecified atom stereocenters. The number of rotatable bonds is 7. The van der Waals surface area contributed by atoms with Crippen LogP contribution in [0.25, 0.3) is 0 Å². The first-order valence-corrected chi connectivity index (χ1v) is 9.29. The maximum Gasteiger partial charge on any atom is 0.223 e. The molecular weight excluding hydrogens is 312 g/mol. The van der Waals surface area contributed by atoms with Crippen molar-refractivity contribution < 1.29 is 9.21 Å². The minimum atomic E-state index is 0.165. The fourth-order valence-corrected chi connectivity index (χ4v) is 3.38. The summed E-state index contributed by atoms with van der Waals surface area (Å²) in [5, 5.41) is 3.09. The van der Waals surface area contributed by atoms with E-state index < -0.39 is 0 Å². The van der Waals surface area contributed by atoms with Crippen LogP contribution < -0.4 is 5.32 Å². The zero-order valence-corrected chi connectivity index (χ0v) is 15.0. The van der Waals surface area contributed by atoms with Crippen molar-refractivity contribution in [2.45, 2.75) is 39.2 Å². The Bertz CT molecular complexity index is 641. The van der Waals surface area contributed by atoms with Gasteiger partial charge < -0.3 is 9.73 Å². The van der Waals surface area contributed by atoms with Crippen molar-refractivity contribution in [2.75, 3.05) is 19.6 Å². The molecule has 1 aliphatic rings. The summed E-state index contributed by atoms with van der Waals surface area (Å²) in [6, 6.07) is 12.6. The van der Waals surface area contributed by atoms with Gasteiger partial charge in [-0.3, -0.25) is 9.69 Å². The summed E-state index contributed by atoms with van der Waals surface area (Å²) >= 11 is 0. The minimum Gasteiger partial charge on any atom is -0.469 e. The molecule has 4 nitrogen and oxygen atoms in total. The van der Waals surface area contributed by atoms with Gasteiger partial charge in [-0.2, -0.15) is 0 Å². The molecule has 1 aromatic carbocycles. The SMILES string of the molecule is Cc1ccc(CN2CCC(C(=O)NCCCc3ccco3)CC2)cc1. The molecule has 2 aromatic rings. The number of carbonyl (C=O) groups excluding carboxylic acids is 1. The van der Waals surface area contributed by atoms with E-state index in [4.69, 9.17) is 4.42 Å². The third-order valence-electron chi connectivity index (χ3n) is 4.96. The Balaban J connectivity index is 1.33. The number of likely N-dealkylation sites (tertiary alicyclic amines) is 1. The van der Waals surface area contributed by atoms with E-state index in [1.165, 1.54) is 11.1 Å². The van der Waals surface area contributed by atoms with E-state index in [1.54, 1.807) is 6.26 Å². The van der Waals surface area contributed by atoms with Gasteiger partial charge in [-0.05, 0) is 57.0 Å². The highest BCUT2D eigenvalue weighted by Crippen LogP contribution is 2.19. The van der Waals surface area contributed by atoms with E-state index >= 15 is 0 Å². The highest BCUT2D eigenvalue weighted by molar-refractivity contribution is 5.78. The van der Waals surface area contributed by atoms with Gasteiger partial charge in [0.15, 0.2) is 0 Å². The van der Waals surface area contributed by atoms with Gasteiger partial charge in [0.05, 0.1) is 6.26 Å². The monoisotopic (exact) mass is 340 g/mol. The van der Waals surface area contributed by atoms with Crippen LogP contribution in [0.4, 0.5) is 0 Å². The molecule has 1 N–H and O–H groups in total. The normalized spacial score (nSPS) is 16.0. The van der Waals surface area contributed by atoms with Crippen LogP contribution in [0.15, 0.2) is 47.1 Å². The first kappa shape index (κ1) is 17.7. The number of nitrogens with one attached hydrogen (secondary N) is 1. The summed E-state index contributed by atoms with van der Waals surface area (Å²) in [5.41, 5.74) is 2.65. The summed E-state index contributed by atoms with van der Waals surface area (Å²) in [6.45, 7) is 5.82. The van der Waals surface area contributed by atoms with Gasteiger partial charge >= 0.3 is 0 Å². The number of aryl methyl sites for hydroxylation is 2. The lowest BCUT2D eigenvalue weighted by Gasteiger charge is -2.31. The number of benzene rings is 1. The Morgan fingerprint density at radius 3 is 2.64 bits per heavy atom. The van der Waals surface area contributed by atoms with Gasteiger partial charge in [-0.25, -0.2) is 0 Å². The van der Waals surface area contributed by atoms with Crippen molar-refractivity contribution in [1.82, 2.24) is 10.2 Å². The number of hydrogen-bond donors (Lipinski definition) is 1. The maximum atomic E-state index is 12.3. The molecule has 1 amide bonds. The molecule has 0 radical (unpaired) electrons. The largest absolute Gasteiger partial charge is 0.469 e.